The molecular formula is C16H19Cl2NO3. The normalized spacial score (nSPS) is 18.1. The number of amides is 1. The molecule has 1 aromatic rings. The van der Waals surface area contributed by atoms with E-state index in [1.165, 1.54) is 0 Å². The summed E-state index contributed by atoms with van der Waals surface area (Å²) in [4.78, 5) is 26.0. The first-order valence-corrected chi connectivity index (χ1v) is 8.15. The average molecular weight is 344 g/mol. The van der Waals surface area contributed by atoms with E-state index in [0.717, 1.165) is 12.8 Å². The first-order chi connectivity index (χ1) is 10.5. The van der Waals surface area contributed by atoms with Gasteiger partial charge in [0.25, 0.3) is 0 Å². The highest BCUT2D eigenvalue weighted by Crippen LogP contribution is 2.26. The Bertz CT molecular complexity index is 542. The third kappa shape index (κ3) is 4.14. The number of likely N-dealkylation sites (tertiary alicyclic amines) is 1. The number of piperidine rings is 1. The lowest BCUT2D eigenvalue weighted by Crippen LogP contribution is -2.43. The second kappa shape index (κ2) is 7.84. The lowest BCUT2D eigenvalue weighted by Gasteiger charge is -2.31. The van der Waals surface area contributed by atoms with E-state index in [0.29, 0.717) is 35.3 Å². The highest BCUT2D eigenvalue weighted by atomic mass is 35.5. The van der Waals surface area contributed by atoms with Crippen LogP contribution in [0.15, 0.2) is 18.2 Å². The van der Waals surface area contributed by atoms with Gasteiger partial charge in [0.2, 0.25) is 5.91 Å². The summed E-state index contributed by atoms with van der Waals surface area (Å²) in [6.45, 7) is 3.19. The van der Waals surface area contributed by atoms with Crippen LogP contribution in [0.2, 0.25) is 10.0 Å². The van der Waals surface area contributed by atoms with Gasteiger partial charge in [-0.05, 0) is 37.5 Å². The molecule has 6 heteroatoms. The zero-order valence-corrected chi connectivity index (χ0v) is 14.0. The third-order valence-electron chi connectivity index (χ3n) is 3.78. The number of rotatable bonds is 4. The maximum absolute atomic E-state index is 12.5. The summed E-state index contributed by atoms with van der Waals surface area (Å²) < 4.78 is 5.05. The minimum absolute atomic E-state index is 0.0657. The van der Waals surface area contributed by atoms with Crippen LogP contribution in [-0.4, -0.2) is 36.5 Å². The second-order valence-electron chi connectivity index (χ2n) is 5.31. The van der Waals surface area contributed by atoms with Crippen molar-refractivity contribution >= 4 is 35.1 Å². The van der Waals surface area contributed by atoms with Gasteiger partial charge in [-0.15, -0.1) is 0 Å². The predicted molar refractivity (Wildman–Crippen MR) is 86.1 cm³/mol. The van der Waals surface area contributed by atoms with Crippen molar-refractivity contribution in [3.05, 3.63) is 33.8 Å². The quantitative estimate of drug-likeness (QED) is 0.787. The maximum Gasteiger partial charge on any atom is 0.310 e. The third-order valence-corrected chi connectivity index (χ3v) is 4.49. The monoisotopic (exact) mass is 343 g/mol. The van der Waals surface area contributed by atoms with E-state index in [-0.39, 0.29) is 24.2 Å². The van der Waals surface area contributed by atoms with Crippen LogP contribution in [0.1, 0.15) is 25.3 Å². The number of hydrogen-bond acceptors (Lipinski definition) is 3. The topological polar surface area (TPSA) is 46.6 Å². The van der Waals surface area contributed by atoms with Crippen LogP contribution in [0.25, 0.3) is 0 Å². The molecule has 0 saturated carbocycles. The first kappa shape index (κ1) is 17.1. The molecule has 0 unspecified atom stereocenters. The first-order valence-electron chi connectivity index (χ1n) is 7.40. The fraction of sp³-hybridized carbons (Fsp3) is 0.500. The minimum Gasteiger partial charge on any atom is -0.466 e. The molecule has 1 aromatic carbocycles. The van der Waals surface area contributed by atoms with Crippen LogP contribution in [0.5, 0.6) is 0 Å². The fourth-order valence-electron chi connectivity index (χ4n) is 2.62. The molecular weight excluding hydrogens is 325 g/mol. The number of carbonyl (C=O) groups excluding carboxylic acids is 2. The molecule has 2 rings (SSSR count). The molecule has 22 heavy (non-hydrogen) atoms. The highest BCUT2D eigenvalue weighted by Gasteiger charge is 2.29. The van der Waals surface area contributed by atoms with Crippen LogP contribution in [0.4, 0.5) is 0 Å². The summed E-state index contributed by atoms with van der Waals surface area (Å²) in [6, 6.07) is 5.18. The van der Waals surface area contributed by atoms with Gasteiger partial charge >= 0.3 is 5.97 Å². The number of nitrogens with zero attached hydrogens (tertiary/aromatic N) is 1. The molecule has 1 aliphatic heterocycles. The molecule has 0 aliphatic carbocycles. The van der Waals surface area contributed by atoms with Crippen molar-refractivity contribution in [2.75, 3.05) is 19.7 Å². The number of halogens is 2. The van der Waals surface area contributed by atoms with Crippen LogP contribution in [0.3, 0.4) is 0 Å². The van der Waals surface area contributed by atoms with Crippen molar-refractivity contribution in [2.45, 2.75) is 26.2 Å². The zero-order valence-electron chi connectivity index (χ0n) is 12.5. The van der Waals surface area contributed by atoms with Gasteiger partial charge in [0.05, 0.1) is 18.9 Å². The van der Waals surface area contributed by atoms with E-state index in [9.17, 15) is 9.59 Å². The lowest BCUT2D eigenvalue weighted by atomic mass is 9.97. The molecule has 0 bridgehead atoms. The molecule has 1 saturated heterocycles. The summed E-state index contributed by atoms with van der Waals surface area (Å²) in [7, 11) is 0. The Morgan fingerprint density at radius 2 is 2.00 bits per heavy atom. The Kier molecular flexibility index (Phi) is 6.09. The Morgan fingerprint density at radius 1 is 1.32 bits per heavy atom. The Labute approximate surface area is 140 Å². The van der Waals surface area contributed by atoms with Crippen LogP contribution < -0.4 is 0 Å². The van der Waals surface area contributed by atoms with Gasteiger partial charge in [-0.25, -0.2) is 0 Å². The number of hydrogen-bond donors (Lipinski definition) is 0. The van der Waals surface area contributed by atoms with Crippen molar-refractivity contribution in [3.8, 4) is 0 Å². The number of ether oxygens (including phenoxy) is 1. The Hall–Kier alpha value is -1.26. The van der Waals surface area contributed by atoms with Gasteiger partial charge in [-0.1, -0.05) is 29.3 Å². The highest BCUT2D eigenvalue weighted by molar-refractivity contribution is 6.36. The summed E-state index contributed by atoms with van der Waals surface area (Å²) in [5, 5.41) is 0.972. The second-order valence-corrected chi connectivity index (χ2v) is 6.12. The zero-order chi connectivity index (χ0) is 16.1. The van der Waals surface area contributed by atoms with Gasteiger partial charge in [-0.3, -0.25) is 9.59 Å². The summed E-state index contributed by atoms with van der Waals surface area (Å²) >= 11 is 12.2. The summed E-state index contributed by atoms with van der Waals surface area (Å²) in [5.74, 6) is -0.529. The summed E-state index contributed by atoms with van der Waals surface area (Å²) in [5.41, 5.74) is 0.633. The van der Waals surface area contributed by atoms with E-state index in [1.54, 1.807) is 30.0 Å². The van der Waals surface area contributed by atoms with Crippen molar-refractivity contribution in [1.29, 1.82) is 0 Å². The van der Waals surface area contributed by atoms with Gasteiger partial charge in [0, 0.05) is 23.1 Å². The maximum atomic E-state index is 12.5. The number of carbonyl (C=O) groups is 2. The van der Waals surface area contributed by atoms with E-state index in [4.69, 9.17) is 27.9 Å². The van der Waals surface area contributed by atoms with E-state index < -0.39 is 0 Å². The van der Waals surface area contributed by atoms with Crippen molar-refractivity contribution in [1.82, 2.24) is 4.90 Å². The molecule has 0 aromatic heterocycles. The average Bonchev–Trinajstić information content (AvgIpc) is 2.51. The van der Waals surface area contributed by atoms with Gasteiger partial charge in [-0.2, -0.15) is 0 Å². The predicted octanol–water partition coefficient (Wildman–Crippen LogP) is 3.34. The van der Waals surface area contributed by atoms with Crippen molar-refractivity contribution in [2.24, 2.45) is 5.92 Å². The van der Waals surface area contributed by atoms with Crippen LogP contribution in [0, 0.1) is 5.92 Å². The largest absolute Gasteiger partial charge is 0.466 e. The van der Waals surface area contributed by atoms with Gasteiger partial charge in [0.15, 0.2) is 0 Å². The molecule has 0 spiro atoms. The van der Waals surface area contributed by atoms with E-state index in [1.807, 2.05) is 0 Å². The fourth-order valence-corrected chi connectivity index (χ4v) is 3.15. The molecule has 1 atom stereocenters. The van der Waals surface area contributed by atoms with Gasteiger partial charge in [0.1, 0.15) is 0 Å². The Morgan fingerprint density at radius 3 is 2.64 bits per heavy atom. The van der Waals surface area contributed by atoms with E-state index >= 15 is 0 Å². The van der Waals surface area contributed by atoms with Crippen molar-refractivity contribution in [3.63, 3.8) is 0 Å². The van der Waals surface area contributed by atoms with Gasteiger partial charge < -0.3 is 9.64 Å². The molecule has 4 nitrogen and oxygen atoms in total. The van der Waals surface area contributed by atoms with Crippen LogP contribution >= 0.6 is 23.2 Å². The molecule has 120 valence electrons. The lowest BCUT2D eigenvalue weighted by molar-refractivity contribution is -0.151. The van der Waals surface area contributed by atoms with Crippen LogP contribution in [-0.2, 0) is 20.7 Å². The summed E-state index contributed by atoms with van der Waals surface area (Å²) in [6.07, 6.45) is 1.70. The number of esters is 1. The molecule has 0 N–H and O–H groups in total. The molecule has 1 fully saturated rings. The minimum atomic E-state index is -0.237. The Balaban J connectivity index is 2.02. The van der Waals surface area contributed by atoms with Crippen molar-refractivity contribution < 1.29 is 14.3 Å². The SMILES string of the molecule is CCOC(=O)[C@@H]1CCCN(C(=O)Cc2c(Cl)cccc2Cl)C1. The molecule has 1 aliphatic rings. The van der Waals surface area contributed by atoms with E-state index in [2.05, 4.69) is 0 Å². The molecule has 0 radical (unpaired) electrons. The standard InChI is InChI=1S/C16H19Cl2NO3/c1-2-22-16(21)11-5-4-8-19(10-11)15(20)9-12-13(17)6-3-7-14(12)18/h3,6-7,11H,2,4-5,8-10H2,1H3/t11-/m1/s1. The smallest absolute Gasteiger partial charge is 0.310 e. The molecule has 1 heterocycles. The molecule has 1 amide bonds. The number of benzene rings is 1.